The topological polar surface area (TPSA) is 25.8 Å². The number of pyridine rings is 2. The maximum atomic E-state index is 4.64. The molecule has 0 bridgehead atoms. The fraction of sp³-hybridized carbons (Fsp3) is 0.0667. The number of nitrogens with zero attached hydrogens (tertiary/aromatic N) is 2. The molecule has 2 nitrogen and oxygen atoms in total. The second kappa shape index (κ2) is 3.98. The highest BCUT2D eigenvalue weighted by Crippen LogP contribution is 2.19. The third kappa shape index (κ3) is 1.89. The van der Waals surface area contributed by atoms with Crippen LogP contribution in [-0.4, -0.2) is 9.97 Å². The van der Waals surface area contributed by atoms with Gasteiger partial charge in [-0.25, -0.2) is 4.98 Å². The van der Waals surface area contributed by atoms with Crippen LogP contribution in [0, 0.1) is 6.92 Å². The minimum atomic E-state index is 0.913. The van der Waals surface area contributed by atoms with Crippen LogP contribution in [0.4, 0.5) is 0 Å². The zero-order valence-corrected chi connectivity index (χ0v) is 9.59. The second-order valence-electron chi connectivity index (χ2n) is 4.11. The third-order valence-electron chi connectivity index (χ3n) is 2.77. The second-order valence-corrected chi connectivity index (χ2v) is 4.11. The van der Waals surface area contributed by atoms with Crippen LogP contribution in [0.1, 0.15) is 5.56 Å². The lowest BCUT2D eigenvalue weighted by atomic mass is 10.1. The smallest absolute Gasteiger partial charge is 0.0893 e. The summed E-state index contributed by atoms with van der Waals surface area (Å²) in [6, 6.07) is 16.3. The lowest BCUT2D eigenvalue weighted by molar-refractivity contribution is 1.27. The molecule has 0 unspecified atom stereocenters. The maximum absolute atomic E-state index is 4.64. The molecule has 0 saturated heterocycles. The number of aryl methyl sites for hydroxylation is 1. The first-order valence-corrected chi connectivity index (χ1v) is 5.62. The predicted octanol–water partition coefficient (Wildman–Crippen LogP) is 3.61. The van der Waals surface area contributed by atoms with Gasteiger partial charge in [0, 0.05) is 11.6 Å². The van der Waals surface area contributed by atoms with E-state index in [0.29, 0.717) is 0 Å². The standard InChI is InChI=1S/C15H12N2/c1-11-5-6-12-7-8-14(17-15(12)10-11)13-4-2-3-9-16-13/h2-10H,1H3. The van der Waals surface area contributed by atoms with Crippen molar-refractivity contribution in [2.75, 3.05) is 0 Å². The molecular weight excluding hydrogens is 208 g/mol. The van der Waals surface area contributed by atoms with E-state index in [9.17, 15) is 0 Å². The molecule has 3 rings (SSSR count). The van der Waals surface area contributed by atoms with Gasteiger partial charge in [-0.05, 0) is 36.8 Å². The first-order valence-electron chi connectivity index (χ1n) is 5.62. The Balaban J connectivity index is 2.19. The van der Waals surface area contributed by atoms with Crippen molar-refractivity contribution >= 4 is 10.9 Å². The number of benzene rings is 1. The van der Waals surface area contributed by atoms with Gasteiger partial charge >= 0.3 is 0 Å². The van der Waals surface area contributed by atoms with Crippen molar-refractivity contribution in [2.45, 2.75) is 6.92 Å². The molecule has 0 amide bonds. The number of fused-ring (bicyclic) bond motifs is 1. The van der Waals surface area contributed by atoms with Crippen molar-refractivity contribution in [1.29, 1.82) is 0 Å². The van der Waals surface area contributed by atoms with Crippen molar-refractivity contribution in [3.63, 3.8) is 0 Å². The molecule has 82 valence electrons. The monoisotopic (exact) mass is 220 g/mol. The van der Waals surface area contributed by atoms with E-state index in [1.54, 1.807) is 6.20 Å². The van der Waals surface area contributed by atoms with Gasteiger partial charge in [0.15, 0.2) is 0 Å². The fourth-order valence-electron chi connectivity index (χ4n) is 1.88. The van der Waals surface area contributed by atoms with Gasteiger partial charge in [-0.15, -0.1) is 0 Å². The Hall–Kier alpha value is -2.22. The van der Waals surface area contributed by atoms with E-state index in [2.05, 4.69) is 41.2 Å². The van der Waals surface area contributed by atoms with Crippen LogP contribution in [0.5, 0.6) is 0 Å². The quantitative estimate of drug-likeness (QED) is 0.626. The minimum Gasteiger partial charge on any atom is -0.255 e. The van der Waals surface area contributed by atoms with Crippen molar-refractivity contribution < 1.29 is 0 Å². The van der Waals surface area contributed by atoms with Gasteiger partial charge in [0.05, 0.1) is 16.9 Å². The Morgan fingerprint density at radius 1 is 0.882 bits per heavy atom. The summed E-state index contributed by atoms with van der Waals surface area (Å²) in [5.41, 5.74) is 4.08. The summed E-state index contributed by atoms with van der Waals surface area (Å²) in [5, 5.41) is 1.16. The van der Waals surface area contributed by atoms with Gasteiger partial charge in [-0.1, -0.05) is 24.3 Å². The van der Waals surface area contributed by atoms with Crippen LogP contribution in [0.15, 0.2) is 54.7 Å². The van der Waals surface area contributed by atoms with Crippen molar-refractivity contribution in [1.82, 2.24) is 9.97 Å². The summed E-state index contributed by atoms with van der Waals surface area (Å²) in [6.07, 6.45) is 1.79. The Kier molecular flexibility index (Phi) is 2.33. The van der Waals surface area contributed by atoms with E-state index in [0.717, 1.165) is 22.3 Å². The summed E-state index contributed by atoms with van der Waals surface area (Å²) in [6.45, 7) is 2.08. The van der Waals surface area contributed by atoms with E-state index in [-0.39, 0.29) is 0 Å². The first-order chi connectivity index (χ1) is 8.33. The van der Waals surface area contributed by atoms with E-state index in [4.69, 9.17) is 0 Å². The lowest BCUT2D eigenvalue weighted by Crippen LogP contribution is -1.88. The summed E-state index contributed by atoms with van der Waals surface area (Å²) in [7, 11) is 0. The molecule has 2 aromatic heterocycles. The summed E-state index contributed by atoms with van der Waals surface area (Å²) >= 11 is 0. The highest BCUT2D eigenvalue weighted by atomic mass is 14.8. The highest BCUT2D eigenvalue weighted by Gasteiger charge is 2.01. The Morgan fingerprint density at radius 3 is 2.59 bits per heavy atom. The zero-order chi connectivity index (χ0) is 11.7. The van der Waals surface area contributed by atoms with Gasteiger partial charge in [0.25, 0.3) is 0 Å². The molecule has 2 heteroatoms. The van der Waals surface area contributed by atoms with E-state index < -0.39 is 0 Å². The highest BCUT2D eigenvalue weighted by molar-refractivity contribution is 5.81. The lowest BCUT2D eigenvalue weighted by Gasteiger charge is -2.03. The van der Waals surface area contributed by atoms with Gasteiger partial charge < -0.3 is 0 Å². The molecule has 0 saturated carbocycles. The van der Waals surface area contributed by atoms with Gasteiger partial charge in [0.1, 0.15) is 0 Å². The molecule has 0 atom stereocenters. The van der Waals surface area contributed by atoms with Crippen molar-refractivity contribution in [3.8, 4) is 11.4 Å². The Morgan fingerprint density at radius 2 is 1.76 bits per heavy atom. The van der Waals surface area contributed by atoms with E-state index in [1.165, 1.54) is 5.56 Å². The van der Waals surface area contributed by atoms with Gasteiger partial charge in [-0.2, -0.15) is 0 Å². The number of aromatic nitrogens is 2. The van der Waals surface area contributed by atoms with Crippen LogP contribution < -0.4 is 0 Å². The summed E-state index contributed by atoms with van der Waals surface area (Å²) < 4.78 is 0. The largest absolute Gasteiger partial charge is 0.255 e. The average Bonchev–Trinajstić information content (AvgIpc) is 2.39. The third-order valence-corrected chi connectivity index (χ3v) is 2.77. The first kappa shape index (κ1) is 9.97. The predicted molar refractivity (Wildman–Crippen MR) is 69.7 cm³/mol. The SMILES string of the molecule is Cc1ccc2ccc(-c3ccccn3)nc2c1. The Labute approximate surface area is 100.0 Å². The van der Waals surface area contributed by atoms with Crippen LogP contribution >= 0.6 is 0 Å². The molecule has 0 spiro atoms. The van der Waals surface area contributed by atoms with Crippen LogP contribution in [0.2, 0.25) is 0 Å². The summed E-state index contributed by atoms with van der Waals surface area (Å²) in [5.74, 6) is 0. The fourth-order valence-corrected chi connectivity index (χ4v) is 1.88. The minimum absolute atomic E-state index is 0.913. The molecule has 3 aromatic rings. The van der Waals surface area contributed by atoms with Crippen LogP contribution in [0.3, 0.4) is 0 Å². The number of hydrogen-bond donors (Lipinski definition) is 0. The average molecular weight is 220 g/mol. The molecule has 0 fully saturated rings. The molecule has 1 aromatic carbocycles. The van der Waals surface area contributed by atoms with Crippen LogP contribution in [-0.2, 0) is 0 Å². The van der Waals surface area contributed by atoms with Crippen LogP contribution in [0.25, 0.3) is 22.3 Å². The van der Waals surface area contributed by atoms with E-state index in [1.807, 2.05) is 24.3 Å². The molecule has 0 N–H and O–H groups in total. The molecule has 17 heavy (non-hydrogen) atoms. The molecule has 2 heterocycles. The molecule has 0 aliphatic heterocycles. The van der Waals surface area contributed by atoms with Crippen molar-refractivity contribution in [3.05, 3.63) is 60.3 Å². The van der Waals surface area contributed by atoms with Gasteiger partial charge in [0.2, 0.25) is 0 Å². The number of hydrogen-bond acceptors (Lipinski definition) is 2. The normalized spacial score (nSPS) is 10.6. The number of rotatable bonds is 1. The molecule has 0 radical (unpaired) electrons. The molecular formula is C15H12N2. The molecule has 0 aliphatic rings. The van der Waals surface area contributed by atoms with E-state index >= 15 is 0 Å². The Bertz CT molecular complexity index is 660. The summed E-state index contributed by atoms with van der Waals surface area (Å²) in [4.78, 5) is 8.96. The van der Waals surface area contributed by atoms with Gasteiger partial charge in [-0.3, -0.25) is 4.98 Å². The molecule has 0 aliphatic carbocycles. The maximum Gasteiger partial charge on any atom is 0.0893 e. The zero-order valence-electron chi connectivity index (χ0n) is 9.59. The van der Waals surface area contributed by atoms with Crippen molar-refractivity contribution in [2.24, 2.45) is 0 Å².